The minimum atomic E-state index is -3.70. The van der Waals surface area contributed by atoms with E-state index in [1.807, 2.05) is 19.9 Å². The van der Waals surface area contributed by atoms with Crippen LogP contribution in [0.25, 0.3) is 0 Å². The van der Waals surface area contributed by atoms with Crippen molar-refractivity contribution in [3.05, 3.63) is 39.8 Å². The maximum absolute atomic E-state index is 11.5. The molecule has 0 radical (unpaired) electrons. The summed E-state index contributed by atoms with van der Waals surface area (Å²) < 4.78 is 23.0. The Hall–Kier alpha value is -1.44. The van der Waals surface area contributed by atoms with E-state index in [0.29, 0.717) is 5.56 Å². The minimum absolute atomic E-state index is 0.0542. The molecule has 0 saturated heterocycles. The number of rotatable bonds is 4. The van der Waals surface area contributed by atoms with Crippen molar-refractivity contribution < 1.29 is 8.42 Å². The third-order valence-corrected chi connectivity index (χ3v) is 5.22. The highest BCUT2D eigenvalue weighted by molar-refractivity contribution is 7.89. The normalized spacial score (nSPS) is 13.2. The van der Waals surface area contributed by atoms with Gasteiger partial charge in [0.25, 0.3) is 0 Å². The maximum Gasteiger partial charge on any atom is 0.238 e. The van der Waals surface area contributed by atoms with Crippen LogP contribution in [0.1, 0.15) is 29.1 Å². The molecule has 0 spiro atoms. The summed E-state index contributed by atoms with van der Waals surface area (Å²) in [6, 6.07) is 5.21. The standard InChI is InChI=1S/C13H17N3O2S2/c1-8-4-5-11(6-12(8)20(14,17)18)16-10(3)13-9(2)15-7-19-13/h4-7,10,16H,1-3H3,(H2,14,17,18). The minimum Gasteiger partial charge on any atom is -0.378 e. The number of aryl methyl sites for hydroxylation is 2. The Labute approximate surface area is 122 Å². The number of nitrogens with two attached hydrogens (primary N) is 1. The zero-order chi connectivity index (χ0) is 14.9. The molecule has 0 aliphatic carbocycles. The molecule has 108 valence electrons. The number of anilines is 1. The van der Waals surface area contributed by atoms with Crippen LogP contribution >= 0.6 is 11.3 Å². The van der Waals surface area contributed by atoms with Crippen LogP contribution < -0.4 is 10.5 Å². The van der Waals surface area contributed by atoms with Crippen molar-refractivity contribution in [3.8, 4) is 0 Å². The molecule has 0 aliphatic rings. The topological polar surface area (TPSA) is 85.1 Å². The van der Waals surface area contributed by atoms with Crippen LogP contribution in [0.15, 0.2) is 28.6 Å². The Bertz CT molecular complexity index is 723. The molecule has 5 nitrogen and oxygen atoms in total. The van der Waals surface area contributed by atoms with Crippen LogP contribution in [0.4, 0.5) is 5.69 Å². The van der Waals surface area contributed by atoms with Crippen LogP contribution in [0, 0.1) is 13.8 Å². The van der Waals surface area contributed by atoms with Crippen molar-refractivity contribution >= 4 is 27.0 Å². The Morgan fingerprint density at radius 3 is 2.60 bits per heavy atom. The van der Waals surface area contributed by atoms with E-state index in [-0.39, 0.29) is 10.9 Å². The third-order valence-electron chi connectivity index (χ3n) is 3.05. The van der Waals surface area contributed by atoms with Gasteiger partial charge in [0, 0.05) is 10.6 Å². The van der Waals surface area contributed by atoms with Gasteiger partial charge in [-0.2, -0.15) is 0 Å². The van der Waals surface area contributed by atoms with Crippen LogP contribution in [-0.4, -0.2) is 13.4 Å². The van der Waals surface area contributed by atoms with E-state index in [1.165, 1.54) is 0 Å². The SMILES string of the molecule is Cc1ccc(NC(C)c2scnc2C)cc1S(N)(=O)=O. The fraction of sp³-hybridized carbons (Fsp3) is 0.308. The van der Waals surface area contributed by atoms with Crippen molar-refractivity contribution in [1.29, 1.82) is 0 Å². The van der Waals surface area contributed by atoms with Crippen molar-refractivity contribution in [2.24, 2.45) is 5.14 Å². The fourth-order valence-corrected chi connectivity index (χ4v) is 3.66. The van der Waals surface area contributed by atoms with E-state index in [1.54, 1.807) is 35.9 Å². The number of thiazole rings is 1. The summed E-state index contributed by atoms with van der Waals surface area (Å²) in [6.45, 7) is 5.69. The Balaban J connectivity index is 2.29. The largest absolute Gasteiger partial charge is 0.378 e. The Morgan fingerprint density at radius 2 is 2.05 bits per heavy atom. The lowest BCUT2D eigenvalue weighted by atomic mass is 10.2. The first kappa shape index (κ1) is 15.0. The number of sulfonamides is 1. The zero-order valence-corrected chi connectivity index (χ0v) is 13.2. The molecule has 1 unspecified atom stereocenters. The molecule has 7 heteroatoms. The molecule has 1 atom stereocenters. The van der Waals surface area contributed by atoms with E-state index in [2.05, 4.69) is 10.3 Å². The van der Waals surface area contributed by atoms with Gasteiger partial charge in [0.05, 0.1) is 22.1 Å². The summed E-state index contributed by atoms with van der Waals surface area (Å²) in [7, 11) is -3.70. The summed E-state index contributed by atoms with van der Waals surface area (Å²) in [4.78, 5) is 5.49. The number of aromatic nitrogens is 1. The molecule has 20 heavy (non-hydrogen) atoms. The predicted octanol–water partition coefficient (Wildman–Crippen LogP) is 2.58. The first-order chi connectivity index (χ1) is 9.29. The van der Waals surface area contributed by atoms with Gasteiger partial charge in [0.2, 0.25) is 10.0 Å². The predicted molar refractivity (Wildman–Crippen MR) is 81.4 cm³/mol. The van der Waals surface area contributed by atoms with Gasteiger partial charge in [-0.05, 0) is 38.5 Å². The molecule has 1 heterocycles. The van der Waals surface area contributed by atoms with Gasteiger partial charge in [-0.25, -0.2) is 18.5 Å². The second-order valence-corrected chi connectivity index (χ2v) is 7.11. The summed E-state index contributed by atoms with van der Waals surface area (Å²) in [5.74, 6) is 0. The molecular formula is C13H17N3O2S2. The second-order valence-electron chi connectivity index (χ2n) is 4.69. The summed E-state index contributed by atoms with van der Waals surface area (Å²) in [6.07, 6.45) is 0. The molecule has 1 aromatic heterocycles. The molecule has 0 saturated carbocycles. The summed E-state index contributed by atoms with van der Waals surface area (Å²) in [5.41, 5.74) is 4.14. The van der Waals surface area contributed by atoms with Crippen molar-refractivity contribution in [2.45, 2.75) is 31.7 Å². The lowest BCUT2D eigenvalue weighted by Gasteiger charge is -2.15. The van der Waals surface area contributed by atoms with Crippen LogP contribution in [0.5, 0.6) is 0 Å². The van der Waals surface area contributed by atoms with E-state index >= 15 is 0 Å². The van der Waals surface area contributed by atoms with Gasteiger partial charge in [-0.3, -0.25) is 0 Å². The number of hydrogen-bond acceptors (Lipinski definition) is 5. The smallest absolute Gasteiger partial charge is 0.238 e. The zero-order valence-electron chi connectivity index (χ0n) is 11.5. The van der Waals surface area contributed by atoms with E-state index in [4.69, 9.17) is 5.14 Å². The second kappa shape index (κ2) is 5.51. The Kier molecular flexibility index (Phi) is 4.12. The van der Waals surface area contributed by atoms with Crippen molar-refractivity contribution in [3.63, 3.8) is 0 Å². The molecule has 2 rings (SSSR count). The molecule has 2 aromatic rings. The number of hydrogen-bond donors (Lipinski definition) is 2. The van der Waals surface area contributed by atoms with Crippen LogP contribution in [0.3, 0.4) is 0 Å². The summed E-state index contributed by atoms with van der Waals surface area (Å²) >= 11 is 1.57. The average molecular weight is 311 g/mol. The highest BCUT2D eigenvalue weighted by Crippen LogP contribution is 2.27. The summed E-state index contributed by atoms with van der Waals surface area (Å²) in [5, 5.41) is 8.49. The number of nitrogens with one attached hydrogen (secondary N) is 1. The first-order valence-corrected chi connectivity index (χ1v) is 8.51. The highest BCUT2D eigenvalue weighted by atomic mass is 32.2. The quantitative estimate of drug-likeness (QED) is 0.909. The van der Waals surface area contributed by atoms with Gasteiger partial charge in [0.1, 0.15) is 0 Å². The lowest BCUT2D eigenvalue weighted by molar-refractivity contribution is 0.597. The van der Waals surface area contributed by atoms with Gasteiger partial charge < -0.3 is 5.32 Å². The van der Waals surface area contributed by atoms with E-state index in [9.17, 15) is 8.42 Å². The lowest BCUT2D eigenvalue weighted by Crippen LogP contribution is -2.14. The number of benzene rings is 1. The first-order valence-electron chi connectivity index (χ1n) is 6.09. The molecule has 3 N–H and O–H groups in total. The van der Waals surface area contributed by atoms with E-state index in [0.717, 1.165) is 16.3 Å². The number of primary sulfonamides is 1. The molecule has 0 fully saturated rings. The maximum atomic E-state index is 11.5. The molecule has 1 aromatic carbocycles. The molecular weight excluding hydrogens is 294 g/mol. The van der Waals surface area contributed by atoms with E-state index < -0.39 is 10.0 Å². The Morgan fingerprint density at radius 1 is 1.35 bits per heavy atom. The van der Waals surface area contributed by atoms with Gasteiger partial charge >= 0.3 is 0 Å². The average Bonchev–Trinajstić information content (AvgIpc) is 2.76. The molecule has 0 aliphatic heterocycles. The van der Waals surface area contributed by atoms with Crippen LogP contribution in [0.2, 0.25) is 0 Å². The van der Waals surface area contributed by atoms with Gasteiger partial charge in [0.15, 0.2) is 0 Å². The fourth-order valence-electron chi connectivity index (χ4n) is 2.04. The third kappa shape index (κ3) is 3.17. The molecule has 0 amide bonds. The highest BCUT2D eigenvalue weighted by Gasteiger charge is 2.15. The van der Waals surface area contributed by atoms with Crippen LogP contribution in [-0.2, 0) is 10.0 Å². The van der Waals surface area contributed by atoms with Crippen molar-refractivity contribution in [2.75, 3.05) is 5.32 Å². The van der Waals surface area contributed by atoms with Gasteiger partial charge in [-0.1, -0.05) is 6.07 Å². The molecule has 0 bridgehead atoms. The number of nitrogens with zero attached hydrogens (tertiary/aromatic N) is 1. The van der Waals surface area contributed by atoms with Crippen molar-refractivity contribution in [1.82, 2.24) is 4.98 Å². The van der Waals surface area contributed by atoms with Gasteiger partial charge in [-0.15, -0.1) is 11.3 Å². The monoisotopic (exact) mass is 311 g/mol.